The molecule has 2 aromatic carbocycles. The minimum Gasteiger partial charge on any atom is -0.433 e. The van der Waals surface area contributed by atoms with Gasteiger partial charge in [-0.25, -0.2) is 8.78 Å². The van der Waals surface area contributed by atoms with Crippen LogP contribution in [0.3, 0.4) is 0 Å². The lowest BCUT2D eigenvalue weighted by molar-refractivity contribution is -0.286. The Hall–Kier alpha value is -3.53. The zero-order chi connectivity index (χ0) is 30.0. The van der Waals surface area contributed by atoms with E-state index in [4.69, 9.17) is 0 Å². The second kappa shape index (κ2) is 11.5. The van der Waals surface area contributed by atoms with E-state index in [-0.39, 0.29) is 17.7 Å². The molecule has 0 saturated carbocycles. The molecule has 0 bridgehead atoms. The van der Waals surface area contributed by atoms with E-state index >= 15 is 4.39 Å². The quantitative estimate of drug-likeness (QED) is 0.192. The Balaban J connectivity index is 2.02. The van der Waals surface area contributed by atoms with Gasteiger partial charge in [-0.3, -0.25) is 14.6 Å². The van der Waals surface area contributed by atoms with E-state index in [0.29, 0.717) is 0 Å². The Bertz CT molecular complexity index is 1410. The first kappa shape index (κ1) is 31.0. The fraction of sp³-hybridized carbons (Fsp3) is 0.174. The number of halogens is 11. The van der Waals surface area contributed by atoms with E-state index in [1.54, 1.807) is 0 Å². The summed E-state index contributed by atoms with van der Waals surface area (Å²) in [6.07, 6.45) is -3.77. The van der Waals surface area contributed by atoms with Crippen LogP contribution in [0.5, 0.6) is 5.75 Å². The number of benzene rings is 2. The van der Waals surface area contributed by atoms with Gasteiger partial charge in [0.15, 0.2) is 11.6 Å². The standard InChI is InChI=1S/C23H12BrClF9N3O3/c24-13-8-11(21(29,22(25,30)31)23(32,33)34)9-15(40-20(27)28)17(13)37-19(39)12-2-1-3-14(16(12)26)36-18(38)10-4-6-35-7-5-10/h1-9,20H,(H,36,38)(H,37,39). The number of ether oxygens (including phenoxy) is 1. The lowest BCUT2D eigenvalue weighted by Crippen LogP contribution is -2.49. The number of amides is 2. The van der Waals surface area contributed by atoms with Crippen molar-refractivity contribution in [3.8, 4) is 5.75 Å². The number of nitrogens with zero attached hydrogens (tertiary/aromatic N) is 1. The van der Waals surface area contributed by atoms with E-state index < -0.39 is 74.2 Å². The molecule has 0 fully saturated rings. The van der Waals surface area contributed by atoms with Gasteiger partial charge in [0.1, 0.15) is 0 Å². The van der Waals surface area contributed by atoms with Crippen molar-refractivity contribution >= 4 is 50.7 Å². The maximum absolute atomic E-state index is 15.1. The maximum atomic E-state index is 15.1. The molecule has 3 aromatic rings. The summed E-state index contributed by atoms with van der Waals surface area (Å²) in [6.45, 7) is -3.79. The fourth-order valence-electron chi connectivity index (χ4n) is 3.26. The lowest BCUT2D eigenvalue weighted by Gasteiger charge is -2.32. The van der Waals surface area contributed by atoms with E-state index in [2.05, 4.69) is 42.6 Å². The fourth-order valence-corrected chi connectivity index (χ4v) is 4.02. The van der Waals surface area contributed by atoms with Crippen molar-refractivity contribution in [1.29, 1.82) is 0 Å². The maximum Gasteiger partial charge on any atom is 0.434 e. The highest BCUT2D eigenvalue weighted by molar-refractivity contribution is 9.10. The molecule has 3 rings (SSSR count). The van der Waals surface area contributed by atoms with Gasteiger partial charge in [-0.05, 0) is 63.9 Å². The van der Waals surface area contributed by atoms with E-state index in [1.165, 1.54) is 24.5 Å². The van der Waals surface area contributed by atoms with Crippen LogP contribution in [0.25, 0.3) is 0 Å². The van der Waals surface area contributed by atoms with Crippen molar-refractivity contribution in [3.63, 3.8) is 0 Å². The number of hydrogen-bond donors (Lipinski definition) is 2. The van der Waals surface area contributed by atoms with Gasteiger partial charge >= 0.3 is 23.8 Å². The number of carbonyl (C=O) groups is 2. The summed E-state index contributed by atoms with van der Waals surface area (Å²) in [7, 11) is 0. The smallest absolute Gasteiger partial charge is 0.433 e. The first-order chi connectivity index (χ1) is 18.5. The SMILES string of the molecule is O=C(Nc1cccc(C(=O)Nc2c(Br)cc(C(F)(C(F)(F)F)C(F)(F)Cl)cc2OC(F)F)c1F)c1ccncc1. The minimum absolute atomic E-state index is 0.0763. The average Bonchev–Trinajstić information content (AvgIpc) is 2.85. The molecule has 0 aliphatic rings. The number of rotatable bonds is 8. The van der Waals surface area contributed by atoms with Crippen molar-refractivity contribution in [1.82, 2.24) is 4.98 Å². The predicted octanol–water partition coefficient (Wildman–Crippen LogP) is 7.65. The van der Waals surface area contributed by atoms with Crippen LogP contribution in [0.2, 0.25) is 0 Å². The van der Waals surface area contributed by atoms with Crippen LogP contribution in [-0.2, 0) is 5.67 Å². The third-order valence-corrected chi connectivity index (χ3v) is 6.01. The molecule has 1 unspecified atom stereocenters. The number of nitrogens with one attached hydrogen (secondary N) is 2. The molecule has 17 heteroatoms. The number of aromatic nitrogens is 1. The molecule has 40 heavy (non-hydrogen) atoms. The first-order valence-corrected chi connectivity index (χ1v) is 11.6. The van der Waals surface area contributed by atoms with Crippen molar-refractivity contribution in [3.05, 3.63) is 81.8 Å². The Labute approximate surface area is 231 Å². The molecule has 0 aliphatic heterocycles. The summed E-state index contributed by atoms with van der Waals surface area (Å²) >= 11 is 6.99. The van der Waals surface area contributed by atoms with Gasteiger partial charge < -0.3 is 15.4 Å². The van der Waals surface area contributed by atoms with E-state index in [9.17, 15) is 44.7 Å². The number of carbonyl (C=O) groups excluding carboxylic acids is 2. The van der Waals surface area contributed by atoms with Crippen LogP contribution in [0.4, 0.5) is 50.9 Å². The molecule has 0 saturated heterocycles. The molecule has 6 nitrogen and oxygen atoms in total. The zero-order valence-corrected chi connectivity index (χ0v) is 21.4. The number of hydrogen-bond acceptors (Lipinski definition) is 4. The minimum atomic E-state index is -6.34. The molecule has 2 amide bonds. The highest BCUT2D eigenvalue weighted by atomic mass is 79.9. The Morgan fingerprint density at radius 3 is 2.12 bits per heavy atom. The van der Waals surface area contributed by atoms with Crippen molar-refractivity contribution in [2.45, 2.75) is 23.8 Å². The second-order valence-electron chi connectivity index (χ2n) is 7.67. The summed E-state index contributed by atoms with van der Waals surface area (Å²) in [5.74, 6) is -4.91. The summed E-state index contributed by atoms with van der Waals surface area (Å²) in [5.41, 5.74) is -9.65. The monoisotopic (exact) mass is 663 g/mol. The van der Waals surface area contributed by atoms with Gasteiger partial charge in [0.25, 0.3) is 11.8 Å². The van der Waals surface area contributed by atoms with Crippen LogP contribution < -0.4 is 15.4 Å². The van der Waals surface area contributed by atoms with Crippen LogP contribution in [-0.4, -0.2) is 35.0 Å². The highest BCUT2D eigenvalue weighted by Gasteiger charge is 2.72. The molecule has 1 atom stereocenters. The average molecular weight is 665 g/mol. The molecular formula is C23H12BrClF9N3O3. The number of anilines is 2. The molecule has 2 N–H and O–H groups in total. The van der Waals surface area contributed by atoms with Gasteiger partial charge in [-0.2, -0.15) is 30.7 Å². The van der Waals surface area contributed by atoms with Crippen LogP contribution in [0, 0.1) is 5.82 Å². The highest BCUT2D eigenvalue weighted by Crippen LogP contribution is 2.56. The molecular weight excluding hydrogens is 653 g/mol. The molecule has 0 radical (unpaired) electrons. The van der Waals surface area contributed by atoms with Crippen LogP contribution in [0.1, 0.15) is 26.3 Å². The van der Waals surface area contributed by atoms with E-state index in [1.807, 2.05) is 5.32 Å². The Morgan fingerprint density at radius 1 is 0.950 bits per heavy atom. The van der Waals surface area contributed by atoms with Gasteiger partial charge in [0, 0.05) is 28.0 Å². The summed E-state index contributed by atoms with van der Waals surface area (Å²) in [6, 6.07) is 5.63. The summed E-state index contributed by atoms with van der Waals surface area (Å²) < 4.78 is 126. The Morgan fingerprint density at radius 2 is 1.57 bits per heavy atom. The normalized spacial score (nSPS) is 13.5. The molecule has 214 valence electrons. The molecule has 0 aliphatic carbocycles. The van der Waals surface area contributed by atoms with Gasteiger partial charge in [-0.1, -0.05) is 6.07 Å². The third-order valence-electron chi connectivity index (χ3n) is 5.12. The summed E-state index contributed by atoms with van der Waals surface area (Å²) in [4.78, 5) is 28.8. The molecule has 1 aromatic heterocycles. The van der Waals surface area contributed by atoms with Gasteiger partial charge in [0.2, 0.25) is 0 Å². The zero-order valence-electron chi connectivity index (χ0n) is 19.1. The van der Waals surface area contributed by atoms with Crippen LogP contribution >= 0.6 is 27.5 Å². The predicted molar refractivity (Wildman–Crippen MR) is 127 cm³/mol. The van der Waals surface area contributed by atoms with E-state index in [0.717, 1.165) is 18.2 Å². The van der Waals surface area contributed by atoms with Crippen molar-refractivity contribution in [2.24, 2.45) is 0 Å². The topological polar surface area (TPSA) is 80.3 Å². The van der Waals surface area contributed by atoms with Gasteiger partial charge in [0.05, 0.1) is 16.9 Å². The van der Waals surface area contributed by atoms with Crippen molar-refractivity contribution in [2.75, 3.05) is 10.6 Å². The molecule has 0 spiro atoms. The molecule has 1 heterocycles. The lowest BCUT2D eigenvalue weighted by atomic mass is 9.94. The second-order valence-corrected chi connectivity index (χ2v) is 9.00. The summed E-state index contributed by atoms with van der Waals surface area (Å²) in [5, 5.41) is -1.53. The number of pyridine rings is 1. The Kier molecular flexibility index (Phi) is 8.93. The number of alkyl halides is 9. The van der Waals surface area contributed by atoms with Gasteiger partial charge in [-0.15, -0.1) is 0 Å². The third kappa shape index (κ3) is 6.27. The largest absolute Gasteiger partial charge is 0.434 e. The van der Waals surface area contributed by atoms with Crippen LogP contribution in [0.15, 0.2) is 59.3 Å². The first-order valence-electron chi connectivity index (χ1n) is 10.4. The van der Waals surface area contributed by atoms with Crippen molar-refractivity contribution < 1.29 is 53.8 Å².